The molecule has 1 saturated heterocycles. The normalized spacial score (nSPS) is 18.9. The van der Waals surface area contributed by atoms with Crippen molar-refractivity contribution in [3.8, 4) is 0 Å². The lowest BCUT2D eigenvalue weighted by Gasteiger charge is -2.25. The second-order valence-electron chi connectivity index (χ2n) is 5.21. The zero-order chi connectivity index (χ0) is 13.7. The molecule has 0 spiro atoms. The first kappa shape index (κ1) is 14.1. The largest absolute Gasteiger partial charge is 0.370 e. The van der Waals surface area contributed by atoms with Crippen molar-refractivity contribution in [2.45, 2.75) is 58.9 Å². The molecule has 0 aliphatic carbocycles. The van der Waals surface area contributed by atoms with Crippen LogP contribution < -0.4 is 10.2 Å². The molecule has 106 valence electrons. The summed E-state index contributed by atoms with van der Waals surface area (Å²) in [7, 11) is 0. The van der Waals surface area contributed by atoms with Crippen molar-refractivity contribution in [1.29, 1.82) is 0 Å². The van der Waals surface area contributed by atoms with Crippen LogP contribution >= 0.6 is 0 Å². The molecular formula is C15H26N4. The molecule has 0 aromatic carbocycles. The Hall–Kier alpha value is -1.32. The predicted molar refractivity (Wildman–Crippen MR) is 80.8 cm³/mol. The van der Waals surface area contributed by atoms with Crippen molar-refractivity contribution >= 4 is 11.6 Å². The molecule has 1 N–H and O–H groups in total. The molecule has 2 heterocycles. The van der Waals surface area contributed by atoms with Crippen molar-refractivity contribution in [1.82, 2.24) is 9.97 Å². The van der Waals surface area contributed by atoms with Gasteiger partial charge in [0.05, 0.1) is 0 Å². The topological polar surface area (TPSA) is 41.1 Å². The average molecular weight is 262 g/mol. The van der Waals surface area contributed by atoms with Gasteiger partial charge in [0, 0.05) is 31.6 Å². The first-order chi connectivity index (χ1) is 9.28. The van der Waals surface area contributed by atoms with Gasteiger partial charge in [0.2, 0.25) is 0 Å². The van der Waals surface area contributed by atoms with Gasteiger partial charge in [-0.1, -0.05) is 13.8 Å². The predicted octanol–water partition coefficient (Wildman–Crippen LogP) is 3.24. The maximum absolute atomic E-state index is 4.76. The van der Waals surface area contributed by atoms with Crippen molar-refractivity contribution in [2.75, 3.05) is 23.3 Å². The summed E-state index contributed by atoms with van der Waals surface area (Å²) in [5.41, 5.74) is 0. The van der Waals surface area contributed by atoms with Gasteiger partial charge in [-0.3, -0.25) is 0 Å². The number of aromatic nitrogens is 2. The molecule has 4 nitrogen and oxygen atoms in total. The fourth-order valence-corrected chi connectivity index (χ4v) is 2.80. The molecule has 1 aromatic rings. The van der Waals surface area contributed by atoms with E-state index in [2.05, 4.69) is 42.0 Å². The zero-order valence-corrected chi connectivity index (χ0v) is 12.4. The van der Waals surface area contributed by atoms with E-state index in [-0.39, 0.29) is 0 Å². The van der Waals surface area contributed by atoms with Gasteiger partial charge in [0.25, 0.3) is 0 Å². The molecule has 0 saturated carbocycles. The lowest BCUT2D eigenvalue weighted by Crippen LogP contribution is -2.29. The lowest BCUT2D eigenvalue weighted by atomic mass is 10.2. The number of hydrogen-bond donors (Lipinski definition) is 1. The average Bonchev–Trinajstić information content (AvgIpc) is 2.87. The summed E-state index contributed by atoms with van der Waals surface area (Å²) in [6, 6.07) is 2.76. The van der Waals surface area contributed by atoms with E-state index in [4.69, 9.17) is 4.98 Å². The molecule has 1 aromatic heterocycles. The molecule has 0 bridgehead atoms. The van der Waals surface area contributed by atoms with Crippen LogP contribution in [0.3, 0.4) is 0 Å². The van der Waals surface area contributed by atoms with Crippen LogP contribution in [0.1, 0.15) is 52.3 Å². The minimum Gasteiger partial charge on any atom is -0.370 e. The van der Waals surface area contributed by atoms with E-state index in [1.165, 1.54) is 19.3 Å². The van der Waals surface area contributed by atoms with Gasteiger partial charge in [-0.05, 0) is 32.6 Å². The van der Waals surface area contributed by atoms with Crippen molar-refractivity contribution < 1.29 is 0 Å². The molecule has 1 fully saturated rings. The summed E-state index contributed by atoms with van der Waals surface area (Å²) in [5, 5.41) is 3.33. The molecular weight excluding hydrogens is 236 g/mol. The van der Waals surface area contributed by atoms with Gasteiger partial charge >= 0.3 is 0 Å². The van der Waals surface area contributed by atoms with Crippen LogP contribution in [-0.4, -0.2) is 29.1 Å². The molecule has 2 rings (SSSR count). The second kappa shape index (κ2) is 6.73. The number of aryl methyl sites for hydroxylation is 1. The van der Waals surface area contributed by atoms with E-state index in [0.717, 1.165) is 43.4 Å². The quantitative estimate of drug-likeness (QED) is 0.854. The summed E-state index contributed by atoms with van der Waals surface area (Å²) in [6.45, 7) is 8.58. The third-order valence-corrected chi connectivity index (χ3v) is 3.73. The molecule has 0 radical (unpaired) electrons. The van der Waals surface area contributed by atoms with E-state index in [1.54, 1.807) is 0 Å². The number of nitrogens with zero attached hydrogens (tertiary/aromatic N) is 3. The van der Waals surface area contributed by atoms with E-state index in [1.807, 2.05) is 0 Å². The monoisotopic (exact) mass is 262 g/mol. The Balaban J connectivity index is 2.27. The molecule has 1 atom stereocenters. The van der Waals surface area contributed by atoms with Gasteiger partial charge in [0.15, 0.2) is 0 Å². The lowest BCUT2D eigenvalue weighted by molar-refractivity contribution is 0.638. The smallest absolute Gasteiger partial charge is 0.134 e. The second-order valence-corrected chi connectivity index (χ2v) is 5.21. The number of rotatable bonds is 6. The first-order valence-corrected chi connectivity index (χ1v) is 7.66. The van der Waals surface area contributed by atoms with Crippen LogP contribution in [0.15, 0.2) is 6.07 Å². The molecule has 1 unspecified atom stereocenters. The summed E-state index contributed by atoms with van der Waals surface area (Å²) in [5.74, 6) is 3.05. The zero-order valence-electron chi connectivity index (χ0n) is 12.4. The Morgan fingerprint density at radius 3 is 2.84 bits per heavy atom. The van der Waals surface area contributed by atoms with Crippen LogP contribution in [0, 0.1) is 0 Å². The Kier molecular flexibility index (Phi) is 5.00. The van der Waals surface area contributed by atoms with Crippen LogP contribution in [0.2, 0.25) is 0 Å². The highest BCUT2D eigenvalue weighted by molar-refractivity contribution is 5.50. The summed E-state index contributed by atoms with van der Waals surface area (Å²) < 4.78 is 0. The van der Waals surface area contributed by atoms with Gasteiger partial charge < -0.3 is 10.2 Å². The highest BCUT2D eigenvalue weighted by Crippen LogP contribution is 2.27. The van der Waals surface area contributed by atoms with E-state index >= 15 is 0 Å². The summed E-state index contributed by atoms with van der Waals surface area (Å²) in [6.07, 6.45) is 5.81. The van der Waals surface area contributed by atoms with Crippen molar-refractivity contribution in [2.24, 2.45) is 0 Å². The Labute approximate surface area is 116 Å². The highest BCUT2D eigenvalue weighted by atomic mass is 15.2. The van der Waals surface area contributed by atoms with Gasteiger partial charge in [-0.15, -0.1) is 0 Å². The van der Waals surface area contributed by atoms with Crippen molar-refractivity contribution in [3.63, 3.8) is 0 Å². The summed E-state index contributed by atoms with van der Waals surface area (Å²) >= 11 is 0. The highest BCUT2D eigenvalue weighted by Gasteiger charge is 2.24. The standard InChI is InChI=1S/C15H26N4/c1-4-8-13-17-14(16-6-3)11-15(18-13)19-10-7-9-12(19)5-2/h11-12H,4-10H2,1-3H3,(H,16,17,18). The molecule has 1 aliphatic heterocycles. The fourth-order valence-electron chi connectivity index (χ4n) is 2.80. The maximum atomic E-state index is 4.76. The van der Waals surface area contributed by atoms with Crippen LogP contribution in [0.4, 0.5) is 11.6 Å². The van der Waals surface area contributed by atoms with Gasteiger partial charge in [-0.2, -0.15) is 0 Å². The molecule has 1 aliphatic rings. The van der Waals surface area contributed by atoms with Crippen LogP contribution in [0.5, 0.6) is 0 Å². The third kappa shape index (κ3) is 3.37. The van der Waals surface area contributed by atoms with E-state index < -0.39 is 0 Å². The number of anilines is 2. The molecule has 0 amide bonds. The van der Waals surface area contributed by atoms with Gasteiger partial charge in [-0.25, -0.2) is 9.97 Å². The SMILES string of the molecule is CCCc1nc(NCC)cc(N2CCCC2CC)n1. The van der Waals surface area contributed by atoms with Crippen molar-refractivity contribution in [3.05, 3.63) is 11.9 Å². The Bertz CT molecular complexity index is 381. The number of hydrogen-bond acceptors (Lipinski definition) is 4. The van der Waals surface area contributed by atoms with E-state index in [9.17, 15) is 0 Å². The third-order valence-electron chi connectivity index (χ3n) is 3.73. The molecule has 19 heavy (non-hydrogen) atoms. The first-order valence-electron chi connectivity index (χ1n) is 7.66. The number of nitrogens with one attached hydrogen (secondary N) is 1. The minimum atomic E-state index is 0.652. The maximum Gasteiger partial charge on any atom is 0.134 e. The molecule has 4 heteroatoms. The Morgan fingerprint density at radius 2 is 2.16 bits per heavy atom. The Morgan fingerprint density at radius 1 is 1.32 bits per heavy atom. The fraction of sp³-hybridized carbons (Fsp3) is 0.733. The van der Waals surface area contributed by atoms with Gasteiger partial charge in [0.1, 0.15) is 17.5 Å². The van der Waals surface area contributed by atoms with Crippen LogP contribution in [-0.2, 0) is 6.42 Å². The van der Waals surface area contributed by atoms with E-state index in [0.29, 0.717) is 6.04 Å². The summed E-state index contributed by atoms with van der Waals surface area (Å²) in [4.78, 5) is 11.8. The minimum absolute atomic E-state index is 0.652. The van der Waals surface area contributed by atoms with Crippen LogP contribution in [0.25, 0.3) is 0 Å².